The largest absolute Gasteiger partial charge is 0.303 e. The van der Waals surface area contributed by atoms with E-state index in [0.717, 1.165) is 31.6 Å². The number of thioether (sulfide) groups is 1. The second-order valence-corrected chi connectivity index (χ2v) is 9.06. The first kappa shape index (κ1) is 17.0. The van der Waals surface area contributed by atoms with Crippen molar-refractivity contribution in [2.75, 3.05) is 19.6 Å². The molecule has 1 aliphatic rings. The van der Waals surface area contributed by atoms with Crippen LogP contribution < -0.4 is 0 Å². The molecule has 0 atom stereocenters. The van der Waals surface area contributed by atoms with Gasteiger partial charge in [0.2, 0.25) is 0 Å². The quantitative estimate of drug-likeness (QED) is 0.610. The highest BCUT2D eigenvalue weighted by molar-refractivity contribution is 8.01. The van der Waals surface area contributed by atoms with E-state index in [1.54, 1.807) is 12.1 Å². The maximum absolute atomic E-state index is 13.0. The third-order valence-electron chi connectivity index (χ3n) is 4.71. The van der Waals surface area contributed by atoms with E-state index in [1.165, 1.54) is 27.4 Å². The maximum Gasteiger partial charge on any atom is 0.151 e. The molecule has 2 nitrogen and oxygen atoms in total. The van der Waals surface area contributed by atoms with E-state index in [4.69, 9.17) is 4.98 Å². The lowest BCUT2D eigenvalue weighted by atomic mass is 10.1. The molecule has 0 saturated carbocycles. The Bertz CT molecular complexity index is 790. The smallest absolute Gasteiger partial charge is 0.151 e. The van der Waals surface area contributed by atoms with Gasteiger partial charge in [0.05, 0.1) is 10.2 Å². The highest BCUT2D eigenvalue weighted by Crippen LogP contribution is 2.35. The molecule has 1 saturated heterocycles. The van der Waals surface area contributed by atoms with E-state index in [0.29, 0.717) is 5.25 Å². The van der Waals surface area contributed by atoms with Crippen molar-refractivity contribution in [3.05, 3.63) is 59.9 Å². The fraction of sp³-hybridized carbons (Fsp3) is 0.350. The minimum Gasteiger partial charge on any atom is -0.303 e. The van der Waals surface area contributed by atoms with Crippen LogP contribution in [0.25, 0.3) is 10.2 Å². The summed E-state index contributed by atoms with van der Waals surface area (Å²) in [5.41, 5.74) is 2.33. The molecular weight excluding hydrogens is 351 g/mol. The van der Waals surface area contributed by atoms with Crippen LogP contribution in [-0.4, -0.2) is 34.8 Å². The van der Waals surface area contributed by atoms with E-state index < -0.39 is 0 Å². The summed E-state index contributed by atoms with van der Waals surface area (Å²) in [5, 5.41) is 0.669. The van der Waals surface area contributed by atoms with Gasteiger partial charge in [-0.25, -0.2) is 9.37 Å². The first-order chi connectivity index (χ1) is 12.3. The van der Waals surface area contributed by atoms with Crippen LogP contribution in [0.5, 0.6) is 0 Å². The molecule has 0 radical (unpaired) electrons. The number of thiazole rings is 1. The van der Waals surface area contributed by atoms with Crippen LogP contribution in [0, 0.1) is 5.82 Å². The number of benzene rings is 2. The third-order valence-corrected chi connectivity index (χ3v) is 7.17. The predicted octanol–water partition coefficient (Wildman–Crippen LogP) is 5.23. The highest BCUT2D eigenvalue weighted by atomic mass is 32.2. The van der Waals surface area contributed by atoms with Gasteiger partial charge < -0.3 is 4.90 Å². The van der Waals surface area contributed by atoms with Gasteiger partial charge in [-0.3, -0.25) is 0 Å². The second-order valence-electron chi connectivity index (χ2n) is 6.48. The van der Waals surface area contributed by atoms with Crippen molar-refractivity contribution in [3.63, 3.8) is 0 Å². The van der Waals surface area contributed by atoms with E-state index in [2.05, 4.69) is 29.2 Å². The molecule has 25 heavy (non-hydrogen) atoms. The fourth-order valence-corrected chi connectivity index (χ4v) is 5.68. The topological polar surface area (TPSA) is 16.1 Å². The Balaban J connectivity index is 1.25. The fourth-order valence-electron chi connectivity index (χ4n) is 3.23. The zero-order chi connectivity index (χ0) is 17.1. The van der Waals surface area contributed by atoms with Crippen molar-refractivity contribution in [2.45, 2.75) is 28.9 Å². The molecule has 0 spiro atoms. The van der Waals surface area contributed by atoms with Gasteiger partial charge in [-0.15, -0.1) is 11.3 Å². The molecule has 0 amide bonds. The lowest BCUT2D eigenvalue weighted by molar-refractivity contribution is 0.235. The number of likely N-dealkylation sites (tertiary alicyclic amines) is 1. The van der Waals surface area contributed by atoms with Crippen LogP contribution in [0.15, 0.2) is 52.9 Å². The number of hydrogen-bond donors (Lipinski definition) is 0. The van der Waals surface area contributed by atoms with E-state index in [9.17, 15) is 4.39 Å². The van der Waals surface area contributed by atoms with Gasteiger partial charge in [-0.2, -0.15) is 0 Å². The van der Waals surface area contributed by atoms with Crippen molar-refractivity contribution in [1.29, 1.82) is 0 Å². The van der Waals surface area contributed by atoms with Crippen LogP contribution in [0.1, 0.15) is 18.4 Å². The van der Waals surface area contributed by atoms with E-state index >= 15 is 0 Å². The average Bonchev–Trinajstić information content (AvgIpc) is 3.05. The molecule has 3 aromatic rings. The minimum absolute atomic E-state index is 0.156. The lowest BCUT2D eigenvalue weighted by Gasteiger charge is -2.31. The zero-order valence-corrected chi connectivity index (χ0v) is 15.7. The van der Waals surface area contributed by atoms with E-state index in [1.807, 2.05) is 35.2 Å². The number of rotatable bonds is 5. The Kier molecular flexibility index (Phi) is 5.34. The number of piperidine rings is 1. The first-order valence-corrected chi connectivity index (χ1v) is 10.4. The molecule has 2 heterocycles. The average molecular weight is 373 g/mol. The Hall–Kier alpha value is -1.43. The number of hydrogen-bond acceptors (Lipinski definition) is 4. The Morgan fingerprint density at radius 2 is 1.84 bits per heavy atom. The monoisotopic (exact) mass is 372 g/mol. The van der Waals surface area contributed by atoms with Gasteiger partial charge >= 0.3 is 0 Å². The summed E-state index contributed by atoms with van der Waals surface area (Å²) in [7, 11) is 0. The molecular formula is C20H21FN2S2. The van der Waals surface area contributed by atoms with Gasteiger partial charge in [0.25, 0.3) is 0 Å². The second kappa shape index (κ2) is 7.85. The molecule has 5 heteroatoms. The molecule has 4 rings (SSSR count). The van der Waals surface area contributed by atoms with Crippen LogP contribution >= 0.6 is 23.1 Å². The lowest BCUT2D eigenvalue weighted by Crippen LogP contribution is -2.36. The summed E-state index contributed by atoms with van der Waals surface area (Å²) in [6.07, 6.45) is 3.42. The predicted molar refractivity (Wildman–Crippen MR) is 105 cm³/mol. The summed E-state index contributed by atoms with van der Waals surface area (Å²) in [6.45, 7) is 3.34. The van der Waals surface area contributed by atoms with Gasteiger partial charge in [-0.1, -0.05) is 36.0 Å². The zero-order valence-electron chi connectivity index (χ0n) is 14.0. The third kappa shape index (κ3) is 4.40. The number of halogens is 1. The summed E-state index contributed by atoms with van der Waals surface area (Å²) in [4.78, 5) is 7.27. The Morgan fingerprint density at radius 1 is 1.08 bits per heavy atom. The van der Waals surface area contributed by atoms with Gasteiger partial charge in [0.1, 0.15) is 5.82 Å². The molecule has 130 valence electrons. The van der Waals surface area contributed by atoms with Crippen LogP contribution in [-0.2, 0) is 6.42 Å². The van der Waals surface area contributed by atoms with Crippen molar-refractivity contribution in [3.8, 4) is 0 Å². The molecule has 0 bridgehead atoms. The number of nitrogens with zero attached hydrogens (tertiary/aromatic N) is 2. The van der Waals surface area contributed by atoms with Crippen LogP contribution in [0.3, 0.4) is 0 Å². The van der Waals surface area contributed by atoms with Gasteiger partial charge in [-0.05, 0) is 62.2 Å². The first-order valence-electron chi connectivity index (χ1n) is 8.75. The summed E-state index contributed by atoms with van der Waals surface area (Å²) >= 11 is 3.76. The van der Waals surface area contributed by atoms with Crippen molar-refractivity contribution < 1.29 is 4.39 Å². The van der Waals surface area contributed by atoms with Crippen molar-refractivity contribution in [2.24, 2.45) is 0 Å². The SMILES string of the molecule is Fc1ccc(CCN2CCC(Sc3nc4ccccc4s3)CC2)cc1. The van der Waals surface area contributed by atoms with Gasteiger partial charge in [0.15, 0.2) is 4.34 Å². The molecule has 2 aromatic carbocycles. The summed E-state index contributed by atoms with van der Waals surface area (Å²) < 4.78 is 15.4. The maximum atomic E-state index is 13.0. The number of fused-ring (bicyclic) bond motifs is 1. The molecule has 1 aliphatic heterocycles. The van der Waals surface area contributed by atoms with Crippen molar-refractivity contribution in [1.82, 2.24) is 9.88 Å². The summed E-state index contributed by atoms with van der Waals surface area (Å²) in [5.74, 6) is -0.156. The molecule has 0 N–H and O–H groups in total. The Morgan fingerprint density at radius 3 is 2.60 bits per heavy atom. The molecule has 0 aliphatic carbocycles. The van der Waals surface area contributed by atoms with Crippen molar-refractivity contribution >= 4 is 33.3 Å². The highest BCUT2D eigenvalue weighted by Gasteiger charge is 2.21. The van der Waals surface area contributed by atoms with Gasteiger partial charge in [0, 0.05) is 11.8 Å². The summed E-state index contributed by atoms with van der Waals surface area (Å²) in [6, 6.07) is 15.3. The Labute approximate surface area is 156 Å². The van der Waals surface area contributed by atoms with Crippen LogP contribution in [0.4, 0.5) is 4.39 Å². The standard InChI is InChI=1S/C20H21FN2S2/c21-16-7-5-15(6-8-16)9-12-23-13-10-17(11-14-23)24-20-22-18-3-1-2-4-19(18)25-20/h1-8,17H,9-14H2. The minimum atomic E-state index is -0.156. The number of aromatic nitrogens is 1. The normalized spacial score (nSPS) is 16.5. The van der Waals surface area contributed by atoms with Crippen LogP contribution in [0.2, 0.25) is 0 Å². The van der Waals surface area contributed by atoms with E-state index in [-0.39, 0.29) is 5.82 Å². The molecule has 1 fully saturated rings. The molecule has 1 aromatic heterocycles. The number of para-hydroxylation sites is 1. The molecule has 0 unspecified atom stereocenters.